The van der Waals surface area contributed by atoms with E-state index in [0.717, 1.165) is 10.5 Å². The van der Waals surface area contributed by atoms with E-state index in [1.807, 2.05) is 13.8 Å². The summed E-state index contributed by atoms with van der Waals surface area (Å²) in [5.41, 5.74) is 0.272. The lowest BCUT2D eigenvalue weighted by Crippen LogP contribution is -2.53. The predicted molar refractivity (Wildman–Crippen MR) is 118 cm³/mol. The molecule has 4 rings (SSSR count). The molecule has 34 heavy (non-hydrogen) atoms. The summed E-state index contributed by atoms with van der Waals surface area (Å²) in [7, 11) is -4.11. The highest BCUT2D eigenvalue weighted by Crippen LogP contribution is 2.34. The molecule has 2 saturated heterocycles. The highest BCUT2D eigenvalue weighted by atomic mass is 32.2. The first-order valence-electron chi connectivity index (χ1n) is 11.0. The number of carbonyl (C=O) groups is 3. The van der Waals surface area contributed by atoms with Gasteiger partial charge < -0.3 is 19.8 Å². The lowest BCUT2D eigenvalue weighted by Gasteiger charge is -2.29. The number of sulfonamides is 1. The number of likely N-dealkylation sites (tertiary alicyclic amines) is 1. The molecule has 2 aliphatic heterocycles. The van der Waals surface area contributed by atoms with Crippen LogP contribution in [-0.2, 0) is 19.6 Å². The van der Waals surface area contributed by atoms with Gasteiger partial charge in [-0.1, -0.05) is 13.8 Å². The van der Waals surface area contributed by atoms with Crippen molar-refractivity contribution in [3.63, 3.8) is 0 Å². The quantitative estimate of drug-likeness (QED) is 0.434. The van der Waals surface area contributed by atoms with E-state index in [-0.39, 0.29) is 35.9 Å². The van der Waals surface area contributed by atoms with Crippen molar-refractivity contribution in [3.05, 3.63) is 53.9 Å². The van der Waals surface area contributed by atoms with Crippen molar-refractivity contribution in [1.29, 1.82) is 0 Å². The SMILES string of the molecule is CC(C)CC(NC(=O)c1ccoc1)C(=O)N1CCC2C1C(=O)CN2S(=O)(=O)c1ccc[n+]([O-])c1. The Balaban J connectivity index is 1.56. The van der Waals surface area contributed by atoms with E-state index in [2.05, 4.69) is 5.32 Å². The second kappa shape index (κ2) is 9.18. The number of nitrogens with one attached hydrogen (secondary N) is 1. The van der Waals surface area contributed by atoms with Crippen LogP contribution in [0.2, 0.25) is 0 Å². The number of aromatic nitrogens is 1. The fourth-order valence-electron chi connectivity index (χ4n) is 4.59. The molecule has 0 aromatic carbocycles. The Hall–Kier alpha value is -3.25. The van der Waals surface area contributed by atoms with Crippen molar-refractivity contribution in [1.82, 2.24) is 14.5 Å². The number of amides is 2. The minimum absolute atomic E-state index is 0.0741. The number of pyridine rings is 1. The molecule has 0 aliphatic carbocycles. The van der Waals surface area contributed by atoms with E-state index in [9.17, 15) is 28.0 Å². The van der Waals surface area contributed by atoms with Gasteiger partial charge in [-0.3, -0.25) is 14.4 Å². The first-order chi connectivity index (χ1) is 16.1. The van der Waals surface area contributed by atoms with E-state index in [0.29, 0.717) is 11.2 Å². The molecule has 2 aliphatic rings. The number of ketones is 1. The first-order valence-corrected chi connectivity index (χ1v) is 12.4. The molecular weight excluding hydrogens is 464 g/mol. The molecule has 3 atom stereocenters. The van der Waals surface area contributed by atoms with E-state index >= 15 is 0 Å². The van der Waals surface area contributed by atoms with E-state index < -0.39 is 45.7 Å². The van der Waals surface area contributed by atoms with Gasteiger partial charge in [0.25, 0.3) is 5.91 Å². The Bertz CT molecular complexity index is 1200. The number of rotatable bonds is 7. The number of hydrogen-bond donors (Lipinski definition) is 1. The van der Waals surface area contributed by atoms with Gasteiger partial charge in [0.2, 0.25) is 15.9 Å². The van der Waals surface area contributed by atoms with E-state index in [1.54, 1.807) is 0 Å². The molecule has 2 aromatic heterocycles. The summed E-state index contributed by atoms with van der Waals surface area (Å²) in [5, 5.41) is 14.3. The molecule has 2 aromatic rings. The van der Waals surface area contributed by atoms with Crippen LogP contribution in [0.5, 0.6) is 0 Å². The molecule has 3 unspecified atom stereocenters. The Labute approximate surface area is 197 Å². The molecule has 182 valence electrons. The first kappa shape index (κ1) is 23.9. The number of Topliss-reactive ketones (excluding diaryl/α,β-unsaturated/α-hetero) is 1. The minimum Gasteiger partial charge on any atom is -0.619 e. The average Bonchev–Trinajstić information content (AvgIpc) is 3.51. The van der Waals surface area contributed by atoms with Crippen molar-refractivity contribution < 1.29 is 31.9 Å². The molecule has 2 amide bonds. The highest BCUT2D eigenvalue weighted by molar-refractivity contribution is 7.89. The fourth-order valence-corrected chi connectivity index (χ4v) is 6.22. The summed E-state index contributed by atoms with van der Waals surface area (Å²) in [5.74, 6) is -1.22. The zero-order valence-electron chi connectivity index (χ0n) is 18.8. The van der Waals surface area contributed by atoms with Crippen LogP contribution in [-0.4, -0.2) is 66.4 Å². The second-order valence-electron chi connectivity index (χ2n) is 8.92. The third kappa shape index (κ3) is 4.42. The van der Waals surface area contributed by atoms with Crippen LogP contribution in [0.3, 0.4) is 0 Å². The van der Waals surface area contributed by atoms with Crippen molar-refractivity contribution >= 4 is 27.6 Å². The summed E-state index contributed by atoms with van der Waals surface area (Å²) in [6, 6.07) is 1.55. The summed E-state index contributed by atoms with van der Waals surface area (Å²) >= 11 is 0. The van der Waals surface area contributed by atoms with Gasteiger partial charge in [0.15, 0.2) is 18.2 Å². The van der Waals surface area contributed by atoms with Gasteiger partial charge in [0, 0.05) is 12.6 Å². The Morgan fingerprint density at radius 2 is 2.09 bits per heavy atom. The van der Waals surface area contributed by atoms with E-state index in [1.165, 1.54) is 41.8 Å². The second-order valence-corrected chi connectivity index (χ2v) is 10.8. The molecule has 0 spiro atoms. The van der Waals surface area contributed by atoms with Crippen LogP contribution in [0.15, 0.2) is 52.4 Å². The van der Waals surface area contributed by atoms with Crippen LogP contribution in [0.1, 0.15) is 37.0 Å². The predicted octanol–water partition coefficient (Wildman–Crippen LogP) is 0.301. The van der Waals surface area contributed by atoms with Gasteiger partial charge >= 0.3 is 0 Å². The van der Waals surface area contributed by atoms with Crippen LogP contribution in [0.4, 0.5) is 0 Å². The van der Waals surface area contributed by atoms with Gasteiger partial charge in [0.05, 0.1) is 24.4 Å². The smallest absolute Gasteiger partial charge is 0.255 e. The van der Waals surface area contributed by atoms with Gasteiger partial charge in [-0.15, -0.1) is 0 Å². The van der Waals surface area contributed by atoms with Crippen LogP contribution < -0.4 is 10.0 Å². The van der Waals surface area contributed by atoms with Crippen molar-refractivity contribution in [2.45, 2.75) is 49.7 Å². The van der Waals surface area contributed by atoms with Crippen LogP contribution in [0, 0.1) is 11.1 Å². The molecule has 0 radical (unpaired) electrons. The molecule has 12 heteroatoms. The Morgan fingerprint density at radius 1 is 1.32 bits per heavy atom. The van der Waals surface area contributed by atoms with Crippen LogP contribution >= 0.6 is 0 Å². The van der Waals surface area contributed by atoms with Crippen LogP contribution in [0.25, 0.3) is 0 Å². The molecule has 11 nitrogen and oxygen atoms in total. The van der Waals surface area contributed by atoms with Crippen molar-refractivity contribution in [2.24, 2.45) is 5.92 Å². The number of nitrogens with zero attached hydrogens (tertiary/aromatic N) is 3. The van der Waals surface area contributed by atoms with Gasteiger partial charge in [-0.05, 0) is 30.9 Å². The highest BCUT2D eigenvalue weighted by Gasteiger charge is 2.54. The van der Waals surface area contributed by atoms with Gasteiger partial charge in [-0.2, -0.15) is 9.04 Å². The topological polar surface area (TPSA) is 144 Å². The molecular formula is C22H26N4O7S. The summed E-state index contributed by atoms with van der Waals surface area (Å²) in [6.45, 7) is 3.62. The summed E-state index contributed by atoms with van der Waals surface area (Å²) < 4.78 is 32.7. The maximum atomic E-state index is 13.5. The lowest BCUT2D eigenvalue weighted by atomic mass is 10.0. The van der Waals surface area contributed by atoms with Crippen molar-refractivity contribution in [3.8, 4) is 0 Å². The normalized spacial score (nSPS) is 21.6. The Morgan fingerprint density at radius 3 is 2.74 bits per heavy atom. The van der Waals surface area contributed by atoms with Gasteiger partial charge in [0.1, 0.15) is 23.2 Å². The van der Waals surface area contributed by atoms with Crippen molar-refractivity contribution in [2.75, 3.05) is 13.1 Å². The zero-order chi connectivity index (χ0) is 24.6. The maximum Gasteiger partial charge on any atom is 0.255 e. The van der Waals surface area contributed by atoms with Gasteiger partial charge in [-0.25, -0.2) is 8.42 Å². The molecule has 2 fully saturated rings. The monoisotopic (exact) mass is 490 g/mol. The number of carbonyl (C=O) groups excluding carboxylic acids is 3. The standard InChI is InChI=1S/C22H26N4O7S/c1-14(2)10-17(23-21(28)15-6-9-33-13-15)22(29)25-8-5-18-20(25)19(27)12-26(18)34(31,32)16-4-3-7-24(30)11-16/h3-4,6-7,9,11,13-14,17-18,20H,5,8,10,12H2,1-2H3,(H,23,28). The third-order valence-electron chi connectivity index (χ3n) is 6.11. The average molecular weight is 491 g/mol. The summed E-state index contributed by atoms with van der Waals surface area (Å²) in [6.07, 6.45) is 5.35. The minimum atomic E-state index is -4.11. The maximum absolute atomic E-state index is 13.5. The molecule has 0 bridgehead atoms. The zero-order valence-corrected chi connectivity index (χ0v) is 19.6. The van der Waals surface area contributed by atoms with E-state index in [4.69, 9.17) is 4.42 Å². The number of hydrogen-bond acceptors (Lipinski definition) is 7. The third-order valence-corrected chi connectivity index (χ3v) is 7.96. The lowest BCUT2D eigenvalue weighted by molar-refractivity contribution is -0.607. The largest absolute Gasteiger partial charge is 0.619 e. The number of fused-ring (bicyclic) bond motifs is 1. The summed E-state index contributed by atoms with van der Waals surface area (Å²) in [4.78, 5) is 40.1. The fraction of sp³-hybridized carbons (Fsp3) is 0.455. The Kier molecular flexibility index (Phi) is 6.45. The molecule has 0 saturated carbocycles. The molecule has 4 heterocycles. The molecule has 1 N–H and O–H groups in total. The number of furan rings is 1.